The molecule has 1 aromatic heterocycles. The van der Waals surface area contributed by atoms with Crippen molar-refractivity contribution in [1.82, 2.24) is 15.2 Å². The third-order valence-electron chi connectivity index (χ3n) is 3.79. The van der Waals surface area contributed by atoms with Crippen LogP contribution in [0.4, 0.5) is 0 Å². The first kappa shape index (κ1) is 12.6. The highest BCUT2D eigenvalue weighted by Crippen LogP contribution is 2.16. The first-order valence-electron chi connectivity index (χ1n) is 7.15. The molecule has 1 saturated heterocycles. The molecule has 0 amide bonds. The molecule has 4 nitrogen and oxygen atoms in total. The fourth-order valence-electron chi connectivity index (χ4n) is 2.71. The second-order valence-corrected chi connectivity index (χ2v) is 5.20. The molecule has 1 aliphatic heterocycles. The van der Waals surface area contributed by atoms with Gasteiger partial charge in [-0.25, -0.2) is 4.98 Å². The molecule has 2 heterocycles. The third-order valence-corrected chi connectivity index (χ3v) is 3.79. The highest BCUT2D eigenvalue weighted by Gasteiger charge is 2.18. The van der Waals surface area contributed by atoms with Crippen molar-refractivity contribution in [2.24, 2.45) is 0 Å². The summed E-state index contributed by atoms with van der Waals surface area (Å²) in [5.41, 5.74) is 1.83. The fourth-order valence-corrected chi connectivity index (χ4v) is 2.71. The monoisotopic (exact) mass is 259 g/mol. The second kappa shape index (κ2) is 5.72. The van der Waals surface area contributed by atoms with E-state index in [2.05, 4.69) is 22.1 Å². The summed E-state index contributed by atoms with van der Waals surface area (Å²) in [6, 6.07) is 8.58. The van der Waals surface area contributed by atoms with Gasteiger partial charge in [-0.2, -0.15) is 0 Å². The predicted octanol–water partition coefficient (Wildman–Crippen LogP) is 2.40. The Hall–Kier alpha value is -1.39. The van der Waals surface area contributed by atoms with E-state index in [1.165, 1.54) is 12.8 Å². The molecular formula is C15H21N3O. The molecule has 3 rings (SSSR count). The molecule has 0 radical (unpaired) electrons. The van der Waals surface area contributed by atoms with Crippen molar-refractivity contribution in [1.29, 1.82) is 0 Å². The minimum absolute atomic E-state index is 0.629. The van der Waals surface area contributed by atoms with Crippen molar-refractivity contribution in [2.45, 2.75) is 32.4 Å². The number of likely N-dealkylation sites (N-methyl/N-ethyl adjacent to an activating group) is 1. The van der Waals surface area contributed by atoms with Gasteiger partial charge in [0.05, 0.1) is 6.54 Å². The molecule has 0 bridgehead atoms. The number of nitrogens with one attached hydrogen (secondary N) is 1. The molecule has 2 aromatic rings. The summed E-state index contributed by atoms with van der Waals surface area (Å²) in [4.78, 5) is 6.94. The van der Waals surface area contributed by atoms with E-state index in [4.69, 9.17) is 4.42 Å². The lowest BCUT2D eigenvalue weighted by atomic mass is 10.2. The Labute approximate surface area is 113 Å². The van der Waals surface area contributed by atoms with Crippen LogP contribution in [0.2, 0.25) is 0 Å². The minimum atomic E-state index is 0.629. The first-order chi connectivity index (χ1) is 9.35. The summed E-state index contributed by atoms with van der Waals surface area (Å²) in [7, 11) is 0. The standard InChI is InChI=1S/C15H21N3O/c1-2-18(10-12-6-5-9-16-12)11-15-17-13-7-3-4-8-14(13)19-15/h3-4,7-8,12,16H,2,5-6,9-11H2,1H3. The zero-order valence-electron chi connectivity index (χ0n) is 11.4. The normalized spacial score (nSPS) is 19.6. The summed E-state index contributed by atoms with van der Waals surface area (Å²) in [6.45, 7) is 6.25. The summed E-state index contributed by atoms with van der Waals surface area (Å²) in [5, 5.41) is 3.54. The minimum Gasteiger partial charge on any atom is -0.439 e. The van der Waals surface area contributed by atoms with Gasteiger partial charge in [0.15, 0.2) is 5.58 Å². The Bertz CT molecular complexity index is 498. The molecule has 102 valence electrons. The zero-order valence-corrected chi connectivity index (χ0v) is 11.4. The van der Waals surface area contributed by atoms with E-state index in [9.17, 15) is 0 Å². The number of para-hydroxylation sites is 2. The SMILES string of the molecule is CCN(Cc1nc2ccccc2o1)CC1CCCN1. The van der Waals surface area contributed by atoms with Crippen LogP contribution in [0.5, 0.6) is 0 Å². The molecule has 1 unspecified atom stereocenters. The molecule has 0 spiro atoms. The van der Waals surface area contributed by atoms with E-state index < -0.39 is 0 Å². The Morgan fingerprint density at radius 1 is 1.42 bits per heavy atom. The summed E-state index contributed by atoms with van der Waals surface area (Å²) in [5.74, 6) is 0.820. The second-order valence-electron chi connectivity index (χ2n) is 5.20. The van der Waals surface area contributed by atoms with E-state index in [0.717, 1.165) is 43.2 Å². The number of oxazole rings is 1. The zero-order chi connectivity index (χ0) is 13.1. The van der Waals surface area contributed by atoms with Gasteiger partial charge in [-0.1, -0.05) is 19.1 Å². The fraction of sp³-hybridized carbons (Fsp3) is 0.533. The highest BCUT2D eigenvalue weighted by atomic mass is 16.3. The molecule has 4 heteroatoms. The van der Waals surface area contributed by atoms with E-state index in [0.29, 0.717) is 6.04 Å². The Morgan fingerprint density at radius 3 is 3.05 bits per heavy atom. The van der Waals surface area contributed by atoms with Crippen molar-refractivity contribution in [3.8, 4) is 0 Å². The van der Waals surface area contributed by atoms with Crippen molar-refractivity contribution >= 4 is 11.1 Å². The number of nitrogens with zero attached hydrogens (tertiary/aromatic N) is 2. The lowest BCUT2D eigenvalue weighted by Crippen LogP contribution is -2.37. The quantitative estimate of drug-likeness (QED) is 0.895. The van der Waals surface area contributed by atoms with Gasteiger partial charge in [0.25, 0.3) is 0 Å². The van der Waals surface area contributed by atoms with Gasteiger partial charge < -0.3 is 9.73 Å². The van der Waals surface area contributed by atoms with Crippen LogP contribution in [0.3, 0.4) is 0 Å². The van der Waals surface area contributed by atoms with Crippen molar-refractivity contribution in [2.75, 3.05) is 19.6 Å². The molecular weight excluding hydrogens is 238 g/mol. The third kappa shape index (κ3) is 2.96. The average Bonchev–Trinajstić information content (AvgIpc) is 3.06. The number of hydrogen-bond acceptors (Lipinski definition) is 4. The number of benzene rings is 1. The predicted molar refractivity (Wildman–Crippen MR) is 76.0 cm³/mol. The van der Waals surface area contributed by atoms with Crippen LogP contribution in [0.1, 0.15) is 25.7 Å². The number of hydrogen-bond donors (Lipinski definition) is 1. The Kier molecular flexibility index (Phi) is 3.80. The average molecular weight is 259 g/mol. The van der Waals surface area contributed by atoms with Gasteiger partial charge in [0.1, 0.15) is 5.52 Å². The van der Waals surface area contributed by atoms with Crippen LogP contribution in [0.25, 0.3) is 11.1 Å². The lowest BCUT2D eigenvalue weighted by molar-refractivity contribution is 0.232. The van der Waals surface area contributed by atoms with Crippen molar-refractivity contribution in [3.05, 3.63) is 30.2 Å². The van der Waals surface area contributed by atoms with Crippen LogP contribution >= 0.6 is 0 Å². The van der Waals surface area contributed by atoms with E-state index >= 15 is 0 Å². The molecule has 1 aromatic carbocycles. The van der Waals surface area contributed by atoms with Gasteiger partial charge in [-0.15, -0.1) is 0 Å². The maximum absolute atomic E-state index is 5.79. The maximum Gasteiger partial charge on any atom is 0.209 e. The first-order valence-corrected chi connectivity index (χ1v) is 7.15. The Morgan fingerprint density at radius 2 is 2.32 bits per heavy atom. The number of fused-ring (bicyclic) bond motifs is 1. The van der Waals surface area contributed by atoms with Gasteiger partial charge in [0.2, 0.25) is 5.89 Å². The molecule has 0 aliphatic carbocycles. The van der Waals surface area contributed by atoms with Crippen LogP contribution in [-0.2, 0) is 6.54 Å². The van der Waals surface area contributed by atoms with Gasteiger partial charge in [-0.05, 0) is 38.1 Å². The van der Waals surface area contributed by atoms with E-state index in [1.54, 1.807) is 0 Å². The Balaban J connectivity index is 1.67. The van der Waals surface area contributed by atoms with Gasteiger partial charge in [-0.3, -0.25) is 4.90 Å². The van der Waals surface area contributed by atoms with Crippen LogP contribution in [0, 0.1) is 0 Å². The van der Waals surface area contributed by atoms with Crippen molar-refractivity contribution < 1.29 is 4.42 Å². The van der Waals surface area contributed by atoms with Crippen LogP contribution in [0.15, 0.2) is 28.7 Å². The van der Waals surface area contributed by atoms with Crippen LogP contribution in [-0.4, -0.2) is 35.6 Å². The van der Waals surface area contributed by atoms with E-state index in [1.807, 2.05) is 24.3 Å². The molecule has 19 heavy (non-hydrogen) atoms. The smallest absolute Gasteiger partial charge is 0.209 e. The van der Waals surface area contributed by atoms with Crippen molar-refractivity contribution in [3.63, 3.8) is 0 Å². The van der Waals surface area contributed by atoms with Gasteiger partial charge >= 0.3 is 0 Å². The molecule has 1 fully saturated rings. The topological polar surface area (TPSA) is 41.3 Å². The highest BCUT2D eigenvalue weighted by molar-refractivity contribution is 5.72. The van der Waals surface area contributed by atoms with Crippen LogP contribution < -0.4 is 5.32 Å². The summed E-state index contributed by atoms with van der Waals surface area (Å²) < 4.78 is 5.79. The molecule has 1 aliphatic rings. The molecule has 0 saturated carbocycles. The maximum atomic E-state index is 5.79. The summed E-state index contributed by atoms with van der Waals surface area (Å²) >= 11 is 0. The largest absolute Gasteiger partial charge is 0.439 e. The summed E-state index contributed by atoms with van der Waals surface area (Å²) in [6.07, 6.45) is 2.58. The number of rotatable bonds is 5. The molecule has 1 N–H and O–H groups in total. The van der Waals surface area contributed by atoms with Gasteiger partial charge in [0, 0.05) is 12.6 Å². The molecule has 1 atom stereocenters. The van der Waals surface area contributed by atoms with E-state index in [-0.39, 0.29) is 0 Å². The number of aromatic nitrogens is 1. The lowest BCUT2D eigenvalue weighted by Gasteiger charge is -2.22.